The first-order chi connectivity index (χ1) is 14.6. The van der Waals surface area contributed by atoms with Crippen LogP contribution >= 0.6 is 0 Å². The summed E-state index contributed by atoms with van der Waals surface area (Å²) < 4.78 is 35.0. The highest BCUT2D eigenvalue weighted by Crippen LogP contribution is 2.35. The quantitative estimate of drug-likeness (QED) is 0.407. The van der Waals surface area contributed by atoms with Crippen LogP contribution in [0.15, 0.2) is 66.7 Å². The van der Waals surface area contributed by atoms with Crippen molar-refractivity contribution in [3.63, 3.8) is 0 Å². The van der Waals surface area contributed by atoms with Gasteiger partial charge in [-0.05, 0) is 60.2 Å². The van der Waals surface area contributed by atoms with E-state index >= 15 is 0 Å². The van der Waals surface area contributed by atoms with E-state index in [1.807, 2.05) is 24.3 Å². The molecule has 5 nitrogen and oxygen atoms in total. The smallest absolute Gasteiger partial charge is 0.231 e. The van der Waals surface area contributed by atoms with Gasteiger partial charge in [-0.1, -0.05) is 12.1 Å². The number of benzene rings is 3. The number of carbonyl (C=O) groups excluding carboxylic acids is 1. The van der Waals surface area contributed by atoms with Crippen LogP contribution in [-0.4, -0.2) is 19.7 Å². The van der Waals surface area contributed by atoms with E-state index in [-0.39, 0.29) is 25.0 Å². The second-order valence-corrected chi connectivity index (χ2v) is 6.58. The summed E-state index contributed by atoms with van der Waals surface area (Å²) in [6, 6.07) is 16.4. The number of allylic oxidation sites excluding steroid dienone is 1. The van der Waals surface area contributed by atoms with Crippen LogP contribution in [0.2, 0.25) is 0 Å². The van der Waals surface area contributed by atoms with Crippen molar-refractivity contribution < 1.29 is 28.1 Å². The first-order valence-corrected chi connectivity index (χ1v) is 9.30. The number of fused-ring (bicyclic) bond motifs is 1. The Labute approximate surface area is 173 Å². The number of ketones is 1. The maximum atomic E-state index is 13.0. The molecule has 0 radical (unpaired) electrons. The van der Waals surface area contributed by atoms with Gasteiger partial charge in [-0.25, -0.2) is 4.39 Å². The predicted octanol–water partition coefficient (Wildman–Crippen LogP) is 5.04. The molecule has 0 saturated carbocycles. The van der Waals surface area contributed by atoms with Crippen molar-refractivity contribution in [3.05, 3.63) is 89.2 Å². The van der Waals surface area contributed by atoms with Crippen LogP contribution in [0.1, 0.15) is 21.5 Å². The largest absolute Gasteiger partial charge is 0.496 e. The Balaban J connectivity index is 1.47. The van der Waals surface area contributed by atoms with Crippen LogP contribution in [0, 0.1) is 5.82 Å². The molecule has 0 bridgehead atoms. The third kappa shape index (κ3) is 4.43. The van der Waals surface area contributed by atoms with Crippen LogP contribution < -0.4 is 18.9 Å². The Morgan fingerprint density at radius 2 is 1.83 bits per heavy atom. The summed E-state index contributed by atoms with van der Waals surface area (Å²) in [5.41, 5.74) is 2.06. The molecular formula is C24H19FO5. The van der Waals surface area contributed by atoms with Crippen molar-refractivity contribution in [1.82, 2.24) is 0 Å². The molecule has 0 fully saturated rings. The highest BCUT2D eigenvalue weighted by Gasteiger charge is 2.14. The molecule has 1 aliphatic heterocycles. The van der Waals surface area contributed by atoms with E-state index in [1.165, 1.54) is 30.3 Å². The fraction of sp³-hybridized carbons (Fsp3) is 0.125. The van der Waals surface area contributed by atoms with E-state index in [2.05, 4.69) is 0 Å². The molecular weight excluding hydrogens is 387 g/mol. The molecule has 0 N–H and O–H groups in total. The van der Waals surface area contributed by atoms with Crippen molar-refractivity contribution in [2.24, 2.45) is 0 Å². The van der Waals surface area contributed by atoms with Gasteiger partial charge in [-0.3, -0.25) is 4.79 Å². The van der Waals surface area contributed by atoms with Crippen LogP contribution in [0.5, 0.6) is 23.0 Å². The van der Waals surface area contributed by atoms with Gasteiger partial charge >= 0.3 is 0 Å². The number of ether oxygens (including phenoxy) is 4. The van der Waals surface area contributed by atoms with E-state index in [1.54, 1.807) is 25.3 Å². The minimum absolute atomic E-state index is 0.205. The predicted molar refractivity (Wildman–Crippen MR) is 110 cm³/mol. The van der Waals surface area contributed by atoms with Gasteiger partial charge in [0.15, 0.2) is 17.3 Å². The van der Waals surface area contributed by atoms with E-state index in [0.29, 0.717) is 28.6 Å². The zero-order valence-electron chi connectivity index (χ0n) is 16.3. The molecule has 0 amide bonds. The highest BCUT2D eigenvalue weighted by atomic mass is 19.1. The Morgan fingerprint density at radius 3 is 2.63 bits per heavy atom. The summed E-state index contributed by atoms with van der Waals surface area (Å²) in [6.07, 6.45) is 3.16. The van der Waals surface area contributed by atoms with Gasteiger partial charge in [-0.15, -0.1) is 0 Å². The minimum Gasteiger partial charge on any atom is -0.496 e. The molecule has 152 valence electrons. The Hall–Kier alpha value is -3.80. The third-order valence-electron chi connectivity index (χ3n) is 4.60. The standard InChI is InChI=1S/C24H19FO5/c1-27-22-10-3-16(2-9-21(26)17-4-6-19(25)7-5-17)12-18(22)14-28-20-8-11-23-24(13-20)30-15-29-23/h2-13H,14-15H2,1H3/b9-2+. The molecule has 6 heteroatoms. The van der Waals surface area contributed by atoms with E-state index in [4.69, 9.17) is 18.9 Å². The monoisotopic (exact) mass is 406 g/mol. The van der Waals surface area contributed by atoms with Gasteiger partial charge in [0, 0.05) is 17.2 Å². The summed E-state index contributed by atoms with van der Waals surface area (Å²) in [5.74, 6) is 2.08. The van der Waals surface area contributed by atoms with Crippen LogP contribution in [0.3, 0.4) is 0 Å². The van der Waals surface area contributed by atoms with Gasteiger partial charge in [0.25, 0.3) is 0 Å². The fourth-order valence-corrected chi connectivity index (χ4v) is 3.03. The normalized spacial score (nSPS) is 12.2. The Bertz CT molecular complexity index is 1090. The minimum atomic E-state index is -0.377. The average molecular weight is 406 g/mol. The number of halogens is 1. The molecule has 0 spiro atoms. The molecule has 1 heterocycles. The lowest BCUT2D eigenvalue weighted by Crippen LogP contribution is -1.99. The molecule has 3 aromatic rings. The van der Waals surface area contributed by atoms with Gasteiger partial charge in [0.2, 0.25) is 6.79 Å². The molecule has 4 rings (SSSR count). The highest BCUT2D eigenvalue weighted by molar-refractivity contribution is 6.06. The van der Waals surface area contributed by atoms with E-state index < -0.39 is 0 Å². The lowest BCUT2D eigenvalue weighted by Gasteiger charge is -2.11. The maximum Gasteiger partial charge on any atom is 0.231 e. The summed E-state index contributed by atoms with van der Waals surface area (Å²) in [4.78, 5) is 12.3. The van der Waals surface area contributed by atoms with E-state index in [9.17, 15) is 9.18 Å². The molecule has 0 aliphatic carbocycles. The number of rotatable bonds is 7. The summed E-state index contributed by atoms with van der Waals surface area (Å²) in [7, 11) is 1.59. The maximum absolute atomic E-state index is 13.0. The van der Waals surface area contributed by atoms with Crippen molar-refractivity contribution in [1.29, 1.82) is 0 Å². The van der Waals surface area contributed by atoms with Gasteiger partial charge < -0.3 is 18.9 Å². The molecule has 0 atom stereocenters. The summed E-state index contributed by atoms with van der Waals surface area (Å²) in [5, 5.41) is 0. The number of hydrogen-bond acceptors (Lipinski definition) is 5. The second-order valence-electron chi connectivity index (χ2n) is 6.58. The van der Waals surface area contributed by atoms with Crippen LogP contribution in [0.25, 0.3) is 6.08 Å². The molecule has 3 aromatic carbocycles. The SMILES string of the molecule is COc1ccc(/C=C/C(=O)c2ccc(F)cc2)cc1COc1ccc2c(c1)OCO2. The van der Waals surface area contributed by atoms with Crippen LogP contribution in [-0.2, 0) is 6.61 Å². The summed E-state index contributed by atoms with van der Waals surface area (Å²) in [6.45, 7) is 0.480. The zero-order valence-corrected chi connectivity index (χ0v) is 16.3. The Kier molecular flexibility index (Phi) is 5.66. The van der Waals surface area contributed by atoms with Crippen LogP contribution in [0.4, 0.5) is 4.39 Å². The molecule has 1 aliphatic rings. The lowest BCUT2D eigenvalue weighted by molar-refractivity contribution is 0.104. The van der Waals surface area contributed by atoms with Gasteiger partial charge in [0.1, 0.15) is 23.9 Å². The topological polar surface area (TPSA) is 54.0 Å². The zero-order chi connectivity index (χ0) is 20.9. The Morgan fingerprint density at radius 1 is 1.03 bits per heavy atom. The first-order valence-electron chi connectivity index (χ1n) is 9.30. The molecule has 0 aromatic heterocycles. The second kappa shape index (κ2) is 8.69. The molecule has 30 heavy (non-hydrogen) atoms. The van der Waals surface area contributed by atoms with Gasteiger partial charge in [-0.2, -0.15) is 0 Å². The summed E-state index contributed by atoms with van der Waals surface area (Å²) >= 11 is 0. The number of carbonyl (C=O) groups is 1. The van der Waals surface area contributed by atoms with Crippen molar-refractivity contribution >= 4 is 11.9 Å². The number of hydrogen-bond donors (Lipinski definition) is 0. The average Bonchev–Trinajstić information content (AvgIpc) is 3.24. The molecule has 0 unspecified atom stereocenters. The van der Waals surface area contributed by atoms with Crippen molar-refractivity contribution in [2.45, 2.75) is 6.61 Å². The first kappa shape index (κ1) is 19.5. The lowest BCUT2D eigenvalue weighted by atomic mass is 10.1. The van der Waals surface area contributed by atoms with Gasteiger partial charge in [0.05, 0.1) is 7.11 Å². The third-order valence-corrected chi connectivity index (χ3v) is 4.60. The van der Waals surface area contributed by atoms with Crippen molar-refractivity contribution in [3.8, 4) is 23.0 Å². The fourth-order valence-electron chi connectivity index (χ4n) is 3.03. The number of methoxy groups -OCH3 is 1. The van der Waals surface area contributed by atoms with E-state index in [0.717, 1.165) is 11.1 Å². The molecule has 0 saturated heterocycles. The van der Waals surface area contributed by atoms with Crippen molar-refractivity contribution in [2.75, 3.05) is 13.9 Å².